The summed E-state index contributed by atoms with van der Waals surface area (Å²) in [6, 6.07) is 26.5. The molecule has 1 aliphatic heterocycles. The highest BCUT2D eigenvalue weighted by Gasteiger charge is 2.44. The summed E-state index contributed by atoms with van der Waals surface area (Å²) < 4.78 is 5.58. The largest absolute Gasteiger partial charge is 0.468 e. The summed E-state index contributed by atoms with van der Waals surface area (Å²) in [5.41, 5.74) is 2.86. The van der Waals surface area contributed by atoms with Crippen molar-refractivity contribution >= 4 is 0 Å². The van der Waals surface area contributed by atoms with E-state index in [-0.39, 0.29) is 5.41 Å². The summed E-state index contributed by atoms with van der Waals surface area (Å²) >= 11 is 0. The fraction of sp³-hybridized carbons (Fsp3) is 0.273. The van der Waals surface area contributed by atoms with Gasteiger partial charge in [-0.05, 0) is 36.6 Å². The van der Waals surface area contributed by atoms with E-state index in [1.54, 1.807) is 6.26 Å². The maximum absolute atomic E-state index is 5.58. The molecule has 1 fully saturated rings. The first-order valence-electron chi connectivity index (χ1n) is 8.65. The van der Waals surface area contributed by atoms with E-state index in [0.717, 1.165) is 25.3 Å². The molecule has 0 amide bonds. The van der Waals surface area contributed by atoms with Gasteiger partial charge in [0.25, 0.3) is 0 Å². The van der Waals surface area contributed by atoms with Crippen LogP contribution in [0.15, 0.2) is 83.5 Å². The lowest BCUT2D eigenvalue weighted by atomic mass is 9.73. The summed E-state index contributed by atoms with van der Waals surface area (Å²) in [4.78, 5) is 2.54. The van der Waals surface area contributed by atoms with Crippen molar-refractivity contribution < 1.29 is 4.42 Å². The summed E-state index contributed by atoms with van der Waals surface area (Å²) in [7, 11) is 0. The Morgan fingerprint density at radius 3 is 2.08 bits per heavy atom. The summed E-state index contributed by atoms with van der Waals surface area (Å²) in [6.07, 6.45) is 2.89. The second kappa shape index (κ2) is 6.29. The first kappa shape index (κ1) is 15.2. The maximum atomic E-state index is 5.58. The molecule has 122 valence electrons. The molecule has 0 saturated carbocycles. The van der Waals surface area contributed by atoms with Crippen molar-refractivity contribution in [2.75, 3.05) is 6.54 Å². The van der Waals surface area contributed by atoms with Crippen LogP contribution in [0.1, 0.15) is 30.2 Å². The van der Waals surface area contributed by atoms with Crippen LogP contribution in [0.3, 0.4) is 0 Å². The van der Waals surface area contributed by atoms with Crippen molar-refractivity contribution in [3.05, 3.63) is 95.9 Å². The van der Waals surface area contributed by atoms with Gasteiger partial charge >= 0.3 is 0 Å². The Kier molecular flexibility index (Phi) is 3.99. The van der Waals surface area contributed by atoms with Gasteiger partial charge in [-0.1, -0.05) is 60.7 Å². The molecule has 2 heteroatoms. The van der Waals surface area contributed by atoms with Crippen LogP contribution < -0.4 is 0 Å². The average Bonchev–Trinajstić information content (AvgIpc) is 3.26. The maximum Gasteiger partial charge on any atom is 0.117 e. The van der Waals surface area contributed by atoms with Crippen molar-refractivity contribution in [1.82, 2.24) is 4.90 Å². The minimum Gasteiger partial charge on any atom is -0.468 e. The first-order chi connectivity index (χ1) is 11.8. The molecular weight excluding hydrogens is 294 g/mol. The molecule has 24 heavy (non-hydrogen) atoms. The third-order valence-corrected chi connectivity index (χ3v) is 5.33. The summed E-state index contributed by atoms with van der Waals surface area (Å²) in [5, 5.41) is 0. The van der Waals surface area contributed by atoms with Crippen molar-refractivity contribution in [3.8, 4) is 0 Å². The zero-order chi connectivity index (χ0) is 16.4. The Bertz CT molecular complexity index is 725. The van der Waals surface area contributed by atoms with E-state index >= 15 is 0 Å². The lowest BCUT2D eigenvalue weighted by Gasteiger charge is -2.31. The van der Waals surface area contributed by atoms with E-state index in [2.05, 4.69) is 78.6 Å². The molecular formula is C22H23NO. The van der Waals surface area contributed by atoms with Gasteiger partial charge in [0.05, 0.1) is 12.8 Å². The van der Waals surface area contributed by atoms with Gasteiger partial charge in [-0.3, -0.25) is 4.90 Å². The van der Waals surface area contributed by atoms with Gasteiger partial charge < -0.3 is 4.42 Å². The van der Waals surface area contributed by atoms with Crippen LogP contribution >= 0.6 is 0 Å². The molecule has 2 aromatic carbocycles. The molecule has 4 rings (SSSR count). The molecule has 0 radical (unpaired) electrons. The minimum atomic E-state index is 0.0501. The molecule has 0 spiro atoms. The standard InChI is InChI=1S/C22H23NO/c1-18-15-22(19-9-4-2-5-10-19,20-11-6-3-7-12-20)17-23(18)16-21-13-8-14-24-21/h2-14,18H,15-17H2,1H3. The molecule has 1 unspecified atom stereocenters. The van der Waals surface area contributed by atoms with Crippen molar-refractivity contribution in [2.24, 2.45) is 0 Å². The summed E-state index contributed by atoms with van der Waals surface area (Å²) in [6.45, 7) is 4.22. The molecule has 2 heterocycles. The van der Waals surface area contributed by atoms with Crippen LogP contribution in [0.2, 0.25) is 0 Å². The van der Waals surface area contributed by atoms with Crippen molar-refractivity contribution in [2.45, 2.75) is 31.3 Å². The van der Waals surface area contributed by atoms with E-state index < -0.39 is 0 Å². The highest BCUT2D eigenvalue weighted by atomic mass is 16.3. The predicted octanol–water partition coefficient (Wildman–Crippen LogP) is 4.86. The normalized spacial score (nSPS) is 20.3. The topological polar surface area (TPSA) is 16.4 Å². The summed E-state index contributed by atoms with van der Waals surface area (Å²) in [5.74, 6) is 1.04. The van der Waals surface area contributed by atoms with Gasteiger partial charge in [0.15, 0.2) is 0 Å². The number of likely N-dealkylation sites (tertiary alicyclic amines) is 1. The van der Waals surface area contributed by atoms with E-state index in [4.69, 9.17) is 4.42 Å². The third-order valence-electron chi connectivity index (χ3n) is 5.33. The molecule has 0 bridgehead atoms. The second-order valence-corrected chi connectivity index (χ2v) is 6.85. The SMILES string of the molecule is CC1CC(c2ccccc2)(c2ccccc2)CN1Cc1ccco1. The molecule has 0 aliphatic carbocycles. The molecule has 1 saturated heterocycles. The molecule has 1 atom stereocenters. The lowest BCUT2D eigenvalue weighted by molar-refractivity contribution is 0.233. The van der Waals surface area contributed by atoms with E-state index in [0.29, 0.717) is 6.04 Å². The fourth-order valence-electron chi connectivity index (χ4n) is 4.11. The Labute approximate surface area is 143 Å². The van der Waals surface area contributed by atoms with Crippen LogP contribution in [0, 0.1) is 0 Å². The molecule has 0 N–H and O–H groups in total. The van der Waals surface area contributed by atoms with E-state index in [1.165, 1.54) is 11.1 Å². The highest BCUT2D eigenvalue weighted by Crippen LogP contribution is 2.43. The smallest absolute Gasteiger partial charge is 0.117 e. The zero-order valence-electron chi connectivity index (χ0n) is 14.1. The van der Waals surface area contributed by atoms with Crippen molar-refractivity contribution in [1.29, 1.82) is 0 Å². The quantitative estimate of drug-likeness (QED) is 0.683. The van der Waals surface area contributed by atoms with Gasteiger partial charge in [-0.25, -0.2) is 0 Å². The Morgan fingerprint density at radius 1 is 0.917 bits per heavy atom. The predicted molar refractivity (Wildman–Crippen MR) is 96.9 cm³/mol. The average molecular weight is 317 g/mol. The Balaban J connectivity index is 1.72. The zero-order valence-corrected chi connectivity index (χ0v) is 14.1. The number of furan rings is 1. The molecule has 3 aromatic rings. The van der Waals surface area contributed by atoms with Crippen LogP contribution in [-0.2, 0) is 12.0 Å². The first-order valence-corrected chi connectivity index (χ1v) is 8.65. The number of hydrogen-bond donors (Lipinski definition) is 0. The Hall–Kier alpha value is -2.32. The van der Waals surface area contributed by atoms with Crippen molar-refractivity contribution in [3.63, 3.8) is 0 Å². The Morgan fingerprint density at radius 2 is 1.54 bits per heavy atom. The van der Waals surface area contributed by atoms with E-state index in [1.807, 2.05) is 6.07 Å². The number of benzene rings is 2. The van der Waals surface area contributed by atoms with Gasteiger partial charge in [0.2, 0.25) is 0 Å². The minimum absolute atomic E-state index is 0.0501. The second-order valence-electron chi connectivity index (χ2n) is 6.85. The van der Waals surface area contributed by atoms with Gasteiger partial charge in [-0.2, -0.15) is 0 Å². The molecule has 1 aromatic heterocycles. The fourth-order valence-corrected chi connectivity index (χ4v) is 4.11. The third kappa shape index (κ3) is 2.67. The number of hydrogen-bond acceptors (Lipinski definition) is 2. The van der Waals surface area contributed by atoms with Crippen LogP contribution in [0.5, 0.6) is 0 Å². The van der Waals surface area contributed by atoms with Gasteiger partial charge in [0, 0.05) is 18.0 Å². The van der Waals surface area contributed by atoms with Crippen LogP contribution in [0.4, 0.5) is 0 Å². The molecule has 2 nitrogen and oxygen atoms in total. The molecule has 1 aliphatic rings. The highest BCUT2D eigenvalue weighted by molar-refractivity contribution is 5.41. The number of rotatable bonds is 4. The lowest BCUT2D eigenvalue weighted by Crippen LogP contribution is -2.32. The van der Waals surface area contributed by atoms with E-state index in [9.17, 15) is 0 Å². The van der Waals surface area contributed by atoms with Gasteiger partial charge in [0.1, 0.15) is 5.76 Å². The van der Waals surface area contributed by atoms with Crippen LogP contribution in [0.25, 0.3) is 0 Å². The monoisotopic (exact) mass is 317 g/mol. The number of nitrogens with zero attached hydrogens (tertiary/aromatic N) is 1. The van der Waals surface area contributed by atoms with Crippen LogP contribution in [-0.4, -0.2) is 17.5 Å². The van der Waals surface area contributed by atoms with Gasteiger partial charge in [-0.15, -0.1) is 0 Å².